The van der Waals surface area contributed by atoms with Crippen molar-refractivity contribution >= 4 is 0 Å². The van der Waals surface area contributed by atoms with Crippen LogP contribution in [0.4, 0.5) is 0 Å². The van der Waals surface area contributed by atoms with Crippen molar-refractivity contribution in [2.75, 3.05) is 6.54 Å². The van der Waals surface area contributed by atoms with Crippen LogP contribution in [-0.2, 0) is 0 Å². The number of rotatable bonds is 2. The summed E-state index contributed by atoms with van der Waals surface area (Å²) in [6.45, 7) is 15.9. The van der Waals surface area contributed by atoms with Gasteiger partial charge in [0.2, 0.25) is 0 Å². The van der Waals surface area contributed by atoms with E-state index in [-0.39, 0.29) is 5.41 Å². The van der Waals surface area contributed by atoms with Crippen molar-refractivity contribution < 1.29 is 0 Å². The molecule has 0 aromatic carbocycles. The van der Waals surface area contributed by atoms with Gasteiger partial charge in [0, 0.05) is 18.0 Å². The molecule has 1 aliphatic heterocycles. The first kappa shape index (κ1) is 17.9. The van der Waals surface area contributed by atoms with Gasteiger partial charge in [-0.25, -0.2) is 5.01 Å². The number of nitrogens with two attached hydrogens (primary N) is 1. The van der Waals surface area contributed by atoms with E-state index < -0.39 is 0 Å². The van der Waals surface area contributed by atoms with Crippen molar-refractivity contribution in [1.29, 1.82) is 0 Å². The van der Waals surface area contributed by atoms with Crippen LogP contribution in [-0.4, -0.2) is 17.6 Å². The zero-order chi connectivity index (χ0) is 16.0. The first-order chi connectivity index (χ1) is 9.91. The van der Waals surface area contributed by atoms with E-state index in [9.17, 15) is 0 Å². The molecule has 21 heavy (non-hydrogen) atoms. The highest BCUT2D eigenvalue weighted by atomic mass is 15.4. The van der Waals surface area contributed by atoms with Gasteiger partial charge in [-0.2, -0.15) is 0 Å². The molecule has 2 nitrogen and oxygen atoms in total. The minimum Gasteiger partial charge on any atom is -0.268 e. The van der Waals surface area contributed by atoms with Crippen molar-refractivity contribution in [2.45, 2.75) is 59.9 Å². The van der Waals surface area contributed by atoms with E-state index in [1.54, 1.807) is 0 Å². The van der Waals surface area contributed by atoms with Crippen molar-refractivity contribution in [3.8, 4) is 0 Å². The Morgan fingerprint density at radius 2 is 2.05 bits per heavy atom. The highest BCUT2D eigenvalue weighted by Gasteiger charge is 2.38. The number of nitrogens with zero attached hydrogens (tertiary/aromatic N) is 1. The molecule has 1 heterocycles. The summed E-state index contributed by atoms with van der Waals surface area (Å²) in [5, 5.41) is 2.01. The van der Waals surface area contributed by atoms with Crippen LogP contribution in [0.1, 0.15) is 53.9 Å². The first-order valence-corrected chi connectivity index (χ1v) is 8.13. The average Bonchev–Trinajstić information content (AvgIpc) is 2.67. The molecule has 0 unspecified atom stereocenters. The van der Waals surface area contributed by atoms with E-state index in [0.717, 1.165) is 25.8 Å². The monoisotopic (exact) mass is 288 g/mol. The van der Waals surface area contributed by atoms with E-state index >= 15 is 0 Å². The lowest BCUT2D eigenvalue weighted by Gasteiger charge is -2.46. The second kappa shape index (κ2) is 7.77. The summed E-state index contributed by atoms with van der Waals surface area (Å²) in [5.41, 5.74) is 4.20. The van der Waals surface area contributed by atoms with E-state index in [1.807, 2.05) is 18.9 Å². The molecule has 0 aromatic rings. The molecule has 2 N–H and O–H groups in total. The molecule has 0 bridgehead atoms. The van der Waals surface area contributed by atoms with E-state index in [0.29, 0.717) is 6.04 Å². The third kappa shape index (κ3) is 4.42. The fourth-order valence-corrected chi connectivity index (χ4v) is 2.90. The molecular formula is C19H32N2. The number of allylic oxidation sites excluding steroid dienone is 5. The van der Waals surface area contributed by atoms with E-state index in [1.165, 1.54) is 16.7 Å². The summed E-state index contributed by atoms with van der Waals surface area (Å²) < 4.78 is 0. The van der Waals surface area contributed by atoms with Gasteiger partial charge < -0.3 is 0 Å². The summed E-state index contributed by atoms with van der Waals surface area (Å²) in [4.78, 5) is 0. The van der Waals surface area contributed by atoms with Crippen LogP contribution in [0, 0.1) is 5.41 Å². The number of hydrogen-bond donors (Lipinski definition) is 1. The number of piperidine rings is 1. The van der Waals surface area contributed by atoms with Gasteiger partial charge >= 0.3 is 0 Å². The van der Waals surface area contributed by atoms with Gasteiger partial charge in [-0.15, -0.1) is 0 Å². The van der Waals surface area contributed by atoms with Crippen molar-refractivity contribution in [2.24, 2.45) is 11.3 Å². The Labute approximate surface area is 131 Å². The van der Waals surface area contributed by atoms with Crippen LogP contribution in [0.25, 0.3) is 0 Å². The fourth-order valence-electron chi connectivity index (χ4n) is 2.90. The SMILES string of the molecule is C=C1CCN(N)[C@H](CC2=CCC(C)=CC=C2)C1(C)C.CC. The Bertz CT molecular complexity index is 452. The van der Waals surface area contributed by atoms with Gasteiger partial charge in [0.15, 0.2) is 0 Å². The standard InChI is InChI=1S/C17H26N2.C2H6/c1-13-6-5-7-15(9-8-13)12-16-17(3,4)14(2)10-11-19(16)18;1-2/h5-7,9,16H,2,8,10-12,18H2,1,3-4H3;1-2H3/t16-;/m1./s1. The van der Waals surface area contributed by atoms with Gasteiger partial charge in [0.25, 0.3) is 0 Å². The highest BCUT2D eigenvalue weighted by molar-refractivity contribution is 5.31. The summed E-state index contributed by atoms with van der Waals surface area (Å²) in [7, 11) is 0. The molecule has 0 saturated carbocycles. The average molecular weight is 288 g/mol. The summed E-state index contributed by atoms with van der Waals surface area (Å²) in [6.07, 6.45) is 11.9. The molecule has 1 fully saturated rings. The summed E-state index contributed by atoms with van der Waals surface area (Å²) in [5.74, 6) is 6.23. The Hall–Kier alpha value is -1.12. The maximum Gasteiger partial charge on any atom is 0.0369 e. The third-order valence-corrected chi connectivity index (χ3v) is 4.62. The highest BCUT2D eigenvalue weighted by Crippen LogP contribution is 2.40. The number of hydrazine groups is 1. The van der Waals surface area contributed by atoms with Crippen molar-refractivity contribution in [1.82, 2.24) is 5.01 Å². The third-order valence-electron chi connectivity index (χ3n) is 4.62. The molecule has 1 atom stereocenters. The van der Waals surface area contributed by atoms with Crippen LogP contribution in [0.2, 0.25) is 0 Å². The predicted octanol–water partition coefficient (Wildman–Crippen LogP) is 4.77. The normalized spacial score (nSPS) is 25.4. The Kier molecular flexibility index (Phi) is 6.63. The lowest BCUT2D eigenvalue weighted by Crippen LogP contribution is -2.54. The lowest BCUT2D eigenvalue weighted by atomic mass is 9.71. The maximum atomic E-state index is 6.23. The molecule has 2 aliphatic rings. The summed E-state index contributed by atoms with van der Waals surface area (Å²) >= 11 is 0. The van der Waals surface area contributed by atoms with E-state index in [2.05, 4.69) is 51.7 Å². The van der Waals surface area contributed by atoms with Gasteiger partial charge in [0.05, 0.1) is 0 Å². The first-order valence-electron chi connectivity index (χ1n) is 8.13. The van der Waals surface area contributed by atoms with Crippen LogP contribution in [0.15, 0.2) is 47.6 Å². The predicted molar refractivity (Wildman–Crippen MR) is 93.8 cm³/mol. The summed E-state index contributed by atoms with van der Waals surface area (Å²) in [6, 6.07) is 0.336. The molecule has 0 aromatic heterocycles. The molecule has 2 heteroatoms. The second-order valence-electron chi connectivity index (χ2n) is 6.39. The van der Waals surface area contributed by atoms with Crippen molar-refractivity contribution in [3.63, 3.8) is 0 Å². The van der Waals surface area contributed by atoms with E-state index in [4.69, 9.17) is 5.84 Å². The van der Waals surface area contributed by atoms with Gasteiger partial charge in [-0.05, 0) is 26.2 Å². The maximum absolute atomic E-state index is 6.23. The molecule has 0 amide bonds. The minimum absolute atomic E-state index is 0.0798. The van der Waals surface area contributed by atoms with Crippen LogP contribution < -0.4 is 5.84 Å². The molecule has 2 rings (SSSR count). The zero-order valence-corrected chi connectivity index (χ0v) is 14.4. The topological polar surface area (TPSA) is 29.3 Å². The fraction of sp³-hybridized carbons (Fsp3) is 0.579. The second-order valence-corrected chi connectivity index (χ2v) is 6.39. The van der Waals surface area contributed by atoms with Crippen LogP contribution in [0.3, 0.4) is 0 Å². The Morgan fingerprint density at radius 1 is 1.38 bits per heavy atom. The Morgan fingerprint density at radius 3 is 2.71 bits per heavy atom. The van der Waals surface area contributed by atoms with Gasteiger partial charge in [0.1, 0.15) is 0 Å². The number of hydrogen-bond acceptors (Lipinski definition) is 2. The molecule has 0 spiro atoms. The van der Waals surface area contributed by atoms with Gasteiger partial charge in [-0.1, -0.05) is 75.3 Å². The molecule has 1 saturated heterocycles. The molecule has 0 radical (unpaired) electrons. The molecular weight excluding hydrogens is 256 g/mol. The quantitative estimate of drug-likeness (QED) is 0.586. The van der Waals surface area contributed by atoms with Crippen molar-refractivity contribution in [3.05, 3.63) is 47.6 Å². The van der Waals surface area contributed by atoms with Crippen LogP contribution in [0.5, 0.6) is 0 Å². The van der Waals surface area contributed by atoms with Crippen LogP contribution >= 0.6 is 0 Å². The minimum atomic E-state index is 0.0798. The Balaban J connectivity index is 0.00000106. The van der Waals surface area contributed by atoms with Gasteiger partial charge in [-0.3, -0.25) is 5.84 Å². The largest absolute Gasteiger partial charge is 0.268 e. The molecule has 1 aliphatic carbocycles. The molecule has 118 valence electrons. The smallest absolute Gasteiger partial charge is 0.0369 e. The lowest BCUT2D eigenvalue weighted by molar-refractivity contribution is 0.0802. The zero-order valence-electron chi connectivity index (χ0n) is 14.4.